The second-order valence-electron chi connectivity index (χ2n) is 15.9. The molecule has 0 radical (unpaired) electrons. The smallest absolute Gasteiger partial charge is 0.333 e. The third-order valence-electron chi connectivity index (χ3n) is 12.4. The Kier molecular flexibility index (Phi) is 11.0. The molecule has 0 bridgehead atoms. The normalized spacial score (nSPS) is 25.1. The summed E-state index contributed by atoms with van der Waals surface area (Å²) < 4.78 is 14.1. The molecule has 12 heteroatoms. The predicted molar refractivity (Wildman–Crippen MR) is 210 cm³/mol. The van der Waals surface area contributed by atoms with E-state index in [2.05, 4.69) is 35.8 Å². The van der Waals surface area contributed by atoms with Crippen LogP contribution in [-0.2, 0) is 31.9 Å². The van der Waals surface area contributed by atoms with Gasteiger partial charge in [-0.05, 0) is 86.7 Å². The Balaban J connectivity index is 0.984. The van der Waals surface area contributed by atoms with Crippen LogP contribution in [0.2, 0.25) is 10.3 Å². The lowest BCUT2D eigenvalue weighted by molar-refractivity contribution is -0.150. The fourth-order valence-corrected chi connectivity index (χ4v) is 11.1. The van der Waals surface area contributed by atoms with Gasteiger partial charge >= 0.3 is 11.9 Å². The predicted octanol–water partition coefficient (Wildman–Crippen LogP) is 7.07. The number of likely N-dealkylation sites (tertiary alicyclic amines) is 2. The lowest BCUT2D eigenvalue weighted by atomic mass is 9.72. The molecular weight excluding hydrogens is 727 g/mol. The fraction of sp³-hybridized carbons (Fsp3) is 0.571. The van der Waals surface area contributed by atoms with E-state index in [0.29, 0.717) is 46.1 Å². The molecule has 0 N–H and O–H groups in total. The van der Waals surface area contributed by atoms with Crippen LogP contribution in [0.5, 0.6) is 0 Å². The van der Waals surface area contributed by atoms with Crippen molar-refractivity contribution in [2.24, 2.45) is 11.8 Å². The van der Waals surface area contributed by atoms with E-state index >= 15 is 0 Å². The Labute approximate surface area is 327 Å². The first-order valence-electron chi connectivity index (χ1n) is 19.8. The summed E-state index contributed by atoms with van der Waals surface area (Å²) >= 11 is 14.1. The van der Waals surface area contributed by atoms with Gasteiger partial charge in [-0.1, -0.05) is 61.3 Å². The zero-order chi connectivity index (χ0) is 37.7. The summed E-state index contributed by atoms with van der Waals surface area (Å²) in [6.07, 6.45) is 5.44. The van der Waals surface area contributed by atoms with Gasteiger partial charge in [-0.25, -0.2) is 9.59 Å². The third-order valence-corrected chi connectivity index (χ3v) is 13.2. The van der Waals surface area contributed by atoms with Gasteiger partial charge in [0.2, 0.25) is 0 Å². The summed E-state index contributed by atoms with van der Waals surface area (Å²) in [7, 11) is 3.55. The van der Waals surface area contributed by atoms with Crippen molar-refractivity contribution < 1.29 is 28.7 Å². The minimum atomic E-state index is -0.567. The minimum absolute atomic E-state index is 0.177. The number of methoxy groups -OCH3 is 2. The van der Waals surface area contributed by atoms with Crippen molar-refractivity contribution in [2.45, 2.75) is 89.1 Å². The van der Waals surface area contributed by atoms with Gasteiger partial charge in [0, 0.05) is 73.1 Å². The van der Waals surface area contributed by atoms with Crippen molar-refractivity contribution in [3.05, 3.63) is 69.0 Å². The van der Waals surface area contributed by atoms with Gasteiger partial charge in [-0.15, -0.1) is 0 Å². The van der Waals surface area contributed by atoms with Crippen molar-refractivity contribution in [3.8, 4) is 0 Å². The van der Waals surface area contributed by atoms with Crippen LogP contribution in [0.25, 0.3) is 21.8 Å². The van der Waals surface area contributed by atoms with Crippen molar-refractivity contribution in [1.82, 2.24) is 19.3 Å². The van der Waals surface area contributed by atoms with E-state index < -0.39 is 11.9 Å². The molecule has 2 aliphatic heterocycles. The molecule has 0 amide bonds. The van der Waals surface area contributed by atoms with Gasteiger partial charge in [-0.3, -0.25) is 9.80 Å². The van der Waals surface area contributed by atoms with Crippen LogP contribution >= 0.6 is 23.2 Å². The van der Waals surface area contributed by atoms with E-state index in [4.69, 9.17) is 42.4 Å². The average molecular weight is 780 g/mol. The molecule has 2 unspecified atom stereocenters. The molecule has 4 aliphatic rings. The number of benzene rings is 2. The second kappa shape index (κ2) is 15.8. The van der Waals surface area contributed by atoms with Crippen LogP contribution in [-0.4, -0.2) is 96.9 Å². The number of halogens is 2. The van der Waals surface area contributed by atoms with Crippen LogP contribution in [0.1, 0.15) is 86.5 Å². The third kappa shape index (κ3) is 6.64. The van der Waals surface area contributed by atoms with E-state index in [1.807, 2.05) is 24.3 Å². The highest BCUT2D eigenvalue weighted by molar-refractivity contribution is 6.32. The molecule has 4 heterocycles. The molecule has 2 aromatic heterocycles. The van der Waals surface area contributed by atoms with Gasteiger partial charge in [0.15, 0.2) is 10.3 Å². The summed E-state index contributed by atoms with van der Waals surface area (Å²) in [5, 5.41) is 2.96. The average Bonchev–Trinajstić information content (AvgIpc) is 3.58. The van der Waals surface area contributed by atoms with Gasteiger partial charge in [-0.2, -0.15) is 9.46 Å². The number of hydrogen-bond acceptors (Lipinski definition) is 8. The van der Waals surface area contributed by atoms with Gasteiger partial charge < -0.3 is 19.1 Å². The summed E-state index contributed by atoms with van der Waals surface area (Å²) in [6.45, 7) is 9.92. The number of hydrogen-bond donors (Lipinski definition) is 0. The monoisotopic (exact) mass is 778 g/mol. The maximum absolute atomic E-state index is 13.4. The number of carbonyl (C=O) groups is 2. The molecule has 10 nitrogen and oxygen atoms in total. The Hall–Kier alpha value is -3.12. The van der Waals surface area contributed by atoms with Crippen molar-refractivity contribution >= 4 is 56.9 Å². The number of piperidine rings is 2. The SMILES string of the molecule is CCCN1CC(COC)C[C@@H]2c3cccc4c3c(c(Cl)n4OC(=O)CCC(=O)On3c(Cl)c4c5c(cccc53)[C@H]3CC(COC)CN(CCC)[C@@H]3C4)C[C@H]21. The van der Waals surface area contributed by atoms with Crippen molar-refractivity contribution in [1.29, 1.82) is 0 Å². The van der Waals surface area contributed by atoms with E-state index in [-0.39, 0.29) is 12.8 Å². The zero-order valence-corrected chi connectivity index (χ0v) is 33.3. The highest BCUT2D eigenvalue weighted by atomic mass is 35.5. The molecule has 2 aromatic carbocycles. The Morgan fingerprint density at radius 3 is 1.50 bits per heavy atom. The molecule has 54 heavy (non-hydrogen) atoms. The summed E-state index contributed by atoms with van der Waals surface area (Å²) in [5.74, 6) is 0.436. The molecule has 2 fully saturated rings. The van der Waals surface area contributed by atoms with Crippen LogP contribution in [0, 0.1) is 11.8 Å². The molecule has 6 atom stereocenters. The molecular formula is C42H52Cl2N4O6. The number of carbonyl (C=O) groups excluding carboxylic acids is 2. The molecule has 0 saturated carbocycles. The largest absolute Gasteiger partial charge is 0.384 e. The van der Waals surface area contributed by atoms with Crippen LogP contribution in [0.15, 0.2) is 36.4 Å². The number of aromatic nitrogens is 2. The molecule has 8 rings (SSSR count). The van der Waals surface area contributed by atoms with Gasteiger partial charge in [0.25, 0.3) is 0 Å². The minimum Gasteiger partial charge on any atom is -0.384 e. The van der Waals surface area contributed by atoms with E-state index in [1.54, 1.807) is 14.2 Å². The standard InChI is InChI=1S/C42H52Cl2N4O6/c1-5-15-45-21-25(23-51-3)17-29-27-9-7-11-33-39(27)31(19-35(29)45)41(43)47(33)53-37(49)13-14-38(50)54-48-34-12-8-10-28-30-18-26(24-52-4)22-46(16-6-2)36(30)20-32(40(28)34)42(48)44/h7-12,25-26,29-30,35-36H,5-6,13-24H2,1-4H3/t25?,26?,29-,30-,35-,36-/m1/s1. The lowest BCUT2D eigenvalue weighted by Gasteiger charge is -2.47. The number of rotatable bonds is 13. The number of nitrogens with zero attached hydrogens (tertiary/aromatic N) is 4. The van der Waals surface area contributed by atoms with Crippen molar-refractivity contribution in [2.75, 3.05) is 53.6 Å². The molecule has 290 valence electrons. The summed E-state index contributed by atoms with van der Waals surface area (Å²) in [5.41, 5.74) is 6.05. The van der Waals surface area contributed by atoms with Gasteiger partial charge in [0.05, 0.1) is 37.1 Å². The summed E-state index contributed by atoms with van der Waals surface area (Å²) in [4.78, 5) is 43.8. The van der Waals surface area contributed by atoms with E-state index in [9.17, 15) is 9.59 Å². The topological polar surface area (TPSA) is 87.4 Å². The van der Waals surface area contributed by atoms with Crippen LogP contribution < -0.4 is 9.68 Å². The zero-order valence-electron chi connectivity index (χ0n) is 31.8. The number of ether oxygens (including phenoxy) is 2. The molecule has 0 spiro atoms. The Morgan fingerprint density at radius 2 is 1.11 bits per heavy atom. The summed E-state index contributed by atoms with van der Waals surface area (Å²) in [6, 6.07) is 13.0. The quantitative estimate of drug-likeness (QED) is 0.143. The van der Waals surface area contributed by atoms with Gasteiger partial charge in [0.1, 0.15) is 0 Å². The first kappa shape index (κ1) is 37.8. The fourth-order valence-electron chi connectivity index (χ4n) is 10.5. The highest BCUT2D eigenvalue weighted by Crippen LogP contribution is 2.49. The lowest BCUT2D eigenvalue weighted by Crippen LogP contribution is -2.51. The van der Waals surface area contributed by atoms with Crippen LogP contribution in [0.3, 0.4) is 0 Å². The maximum Gasteiger partial charge on any atom is 0.333 e. The molecule has 2 saturated heterocycles. The van der Waals surface area contributed by atoms with E-state index in [0.717, 1.165) is 111 Å². The Bertz CT molecular complexity index is 1900. The molecule has 2 aliphatic carbocycles. The molecule has 4 aromatic rings. The first-order chi connectivity index (χ1) is 26.3. The van der Waals surface area contributed by atoms with Crippen LogP contribution in [0.4, 0.5) is 0 Å². The highest BCUT2D eigenvalue weighted by Gasteiger charge is 2.44. The number of fused-ring (bicyclic) bond motifs is 4. The maximum atomic E-state index is 13.4. The van der Waals surface area contributed by atoms with E-state index in [1.165, 1.54) is 20.6 Å². The second-order valence-corrected chi connectivity index (χ2v) is 16.6. The van der Waals surface area contributed by atoms with Crippen molar-refractivity contribution in [3.63, 3.8) is 0 Å². The Morgan fingerprint density at radius 1 is 0.685 bits per heavy atom. The first-order valence-corrected chi connectivity index (χ1v) is 20.5.